The summed E-state index contributed by atoms with van der Waals surface area (Å²) < 4.78 is 11.3. The van der Waals surface area contributed by atoms with Crippen LogP contribution in [0.4, 0.5) is 0 Å². The van der Waals surface area contributed by atoms with Crippen molar-refractivity contribution in [1.29, 1.82) is 0 Å². The van der Waals surface area contributed by atoms with Gasteiger partial charge in [0.25, 0.3) is 0 Å². The molecular weight excluding hydrogens is 380 g/mol. The lowest BCUT2D eigenvalue weighted by atomic mass is 9.92. The molecule has 4 aliphatic rings. The molecule has 1 aromatic rings. The predicted molar refractivity (Wildman–Crippen MR) is 110 cm³/mol. The van der Waals surface area contributed by atoms with Gasteiger partial charge in [-0.1, -0.05) is 0 Å². The minimum absolute atomic E-state index is 0. The molecule has 0 spiro atoms. The summed E-state index contributed by atoms with van der Waals surface area (Å²) in [5.41, 5.74) is 3.87. The van der Waals surface area contributed by atoms with Crippen molar-refractivity contribution < 1.29 is 14.9 Å². The normalized spacial score (nSPS) is 20.9. The van der Waals surface area contributed by atoms with Crippen LogP contribution in [-0.4, -0.2) is 46.2 Å². The lowest BCUT2D eigenvalue weighted by Gasteiger charge is -2.27. The Bertz CT molecular complexity index is 916. The van der Waals surface area contributed by atoms with E-state index in [0.717, 1.165) is 59.4 Å². The number of aromatic nitrogens is 3. The molecule has 0 aromatic heterocycles. The first-order valence-electron chi connectivity index (χ1n) is 9.25. The van der Waals surface area contributed by atoms with Crippen molar-refractivity contribution in [2.24, 2.45) is 0 Å². The third kappa shape index (κ3) is 3.78. The summed E-state index contributed by atoms with van der Waals surface area (Å²) >= 11 is 0. The van der Waals surface area contributed by atoms with Gasteiger partial charge in [0.15, 0.2) is 11.5 Å². The highest BCUT2D eigenvalue weighted by molar-refractivity contribution is 5.85. The molecule has 5 rings (SSSR count). The van der Waals surface area contributed by atoms with E-state index in [9.17, 15) is 0 Å². The second-order valence-electron chi connectivity index (χ2n) is 7.14. The zero-order valence-electron chi connectivity index (χ0n) is 15.7. The fourth-order valence-electron chi connectivity index (χ4n) is 3.87. The van der Waals surface area contributed by atoms with Crippen LogP contribution < -0.4 is 14.8 Å². The topological polar surface area (TPSA) is 104 Å². The summed E-state index contributed by atoms with van der Waals surface area (Å²) in [4.78, 5) is 12.9. The Kier molecular flexibility index (Phi) is 6.07. The molecule has 2 atom stereocenters. The fourth-order valence-corrected chi connectivity index (χ4v) is 3.87. The van der Waals surface area contributed by atoms with E-state index in [0.29, 0.717) is 25.2 Å². The zero-order valence-corrected chi connectivity index (χ0v) is 16.5. The Balaban J connectivity index is 0.00000112. The number of benzene rings is 1. The minimum atomic E-state index is 0. The number of rotatable bonds is 2. The minimum Gasteiger partial charge on any atom is -0.486 e. The van der Waals surface area contributed by atoms with Crippen molar-refractivity contribution in [2.75, 3.05) is 19.8 Å². The molecule has 0 radical (unpaired) electrons. The molecule has 1 aromatic carbocycles. The van der Waals surface area contributed by atoms with E-state index in [1.807, 2.05) is 24.4 Å². The number of aromatic amines is 1. The molecule has 1 fully saturated rings. The standard InChI is InChI=1S/C20H22N4O2.ClH.H2O/c1-12-8-14(4-5-21-12)20-22-11-17-16(24-20)10-15(23-17)13-2-3-18-19(9-13)26-7-6-25-18;;/h2-3,9-12,14,21H,4-8H2,1H3,(H,22,24);1H;1H2. The quantitative estimate of drug-likeness (QED) is 0.683. The van der Waals surface area contributed by atoms with E-state index in [4.69, 9.17) is 14.5 Å². The van der Waals surface area contributed by atoms with Gasteiger partial charge in [0.1, 0.15) is 24.7 Å². The largest absolute Gasteiger partial charge is 0.486 e. The Labute approximate surface area is 169 Å². The van der Waals surface area contributed by atoms with E-state index < -0.39 is 0 Å². The van der Waals surface area contributed by atoms with Crippen LogP contribution in [0.25, 0.3) is 22.6 Å². The van der Waals surface area contributed by atoms with Crippen molar-refractivity contribution >= 4 is 12.4 Å². The lowest BCUT2D eigenvalue weighted by molar-refractivity contribution is 0.171. The van der Waals surface area contributed by atoms with Crippen LogP contribution in [0.3, 0.4) is 0 Å². The number of halogens is 1. The summed E-state index contributed by atoms with van der Waals surface area (Å²) in [6.07, 6.45) is 4.11. The van der Waals surface area contributed by atoms with Crippen molar-refractivity contribution in [3.05, 3.63) is 36.3 Å². The highest BCUT2D eigenvalue weighted by Crippen LogP contribution is 2.36. The first-order chi connectivity index (χ1) is 12.8. The molecule has 150 valence electrons. The summed E-state index contributed by atoms with van der Waals surface area (Å²) in [6, 6.07) is 8.60. The van der Waals surface area contributed by atoms with Crippen LogP contribution in [0.1, 0.15) is 31.5 Å². The Morgan fingerprint density at radius 1 is 1.07 bits per heavy atom. The average molecular weight is 405 g/mol. The highest BCUT2D eigenvalue weighted by atomic mass is 35.5. The van der Waals surface area contributed by atoms with Gasteiger partial charge in [0.05, 0.1) is 17.6 Å². The number of hydrogen-bond acceptors (Lipinski definition) is 5. The van der Waals surface area contributed by atoms with Gasteiger partial charge in [-0.05, 0) is 50.6 Å². The molecule has 0 aliphatic carbocycles. The van der Waals surface area contributed by atoms with Crippen LogP contribution in [0, 0.1) is 0 Å². The molecule has 7 nitrogen and oxygen atoms in total. The molecule has 8 heteroatoms. The van der Waals surface area contributed by atoms with Crippen LogP contribution in [-0.2, 0) is 0 Å². The number of hydrogen-bond donors (Lipinski definition) is 2. The van der Waals surface area contributed by atoms with E-state index in [1.54, 1.807) is 0 Å². The monoisotopic (exact) mass is 404 g/mol. The predicted octanol–water partition coefficient (Wildman–Crippen LogP) is 2.80. The van der Waals surface area contributed by atoms with Crippen molar-refractivity contribution in [2.45, 2.75) is 31.7 Å². The maximum Gasteiger partial charge on any atom is 0.162 e. The molecule has 2 unspecified atom stereocenters. The maximum atomic E-state index is 5.69. The zero-order chi connectivity index (χ0) is 17.5. The molecule has 0 bridgehead atoms. The summed E-state index contributed by atoms with van der Waals surface area (Å²) in [5, 5.41) is 3.49. The number of ether oxygens (including phenoxy) is 2. The SMILES string of the molecule is CC1CC(c2ncc3nc(-c4ccc5c(c4)OCCO5)cc-3[nH]2)CCN1.Cl.O. The smallest absolute Gasteiger partial charge is 0.162 e. The first-order valence-corrected chi connectivity index (χ1v) is 9.25. The van der Waals surface area contributed by atoms with E-state index in [-0.39, 0.29) is 17.9 Å². The van der Waals surface area contributed by atoms with Gasteiger partial charge < -0.3 is 25.3 Å². The lowest BCUT2D eigenvalue weighted by Crippen LogP contribution is -2.35. The van der Waals surface area contributed by atoms with Crippen LogP contribution >= 0.6 is 12.4 Å². The summed E-state index contributed by atoms with van der Waals surface area (Å²) in [5.74, 6) is 3.12. The van der Waals surface area contributed by atoms with E-state index >= 15 is 0 Å². The third-order valence-corrected chi connectivity index (χ3v) is 5.23. The summed E-state index contributed by atoms with van der Waals surface area (Å²) in [7, 11) is 0. The van der Waals surface area contributed by atoms with Gasteiger partial charge >= 0.3 is 0 Å². The molecule has 0 amide bonds. The van der Waals surface area contributed by atoms with E-state index in [1.165, 1.54) is 0 Å². The highest BCUT2D eigenvalue weighted by Gasteiger charge is 2.23. The number of nitrogens with one attached hydrogen (secondary N) is 2. The number of H-pyrrole nitrogens is 1. The maximum absolute atomic E-state index is 5.69. The Morgan fingerprint density at radius 2 is 1.89 bits per heavy atom. The molecular formula is C20H25ClN4O3. The van der Waals surface area contributed by atoms with Crippen LogP contribution in [0.2, 0.25) is 0 Å². The van der Waals surface area contributed by atoms with Crippen molar-refractivity contribution in [3.63, 3.8) is 0 Å². The molecule has 4 N–H and O–H groups in total. The second-order valence-corrected chi connectivity index (χ2v) is 7.14. The van der Waals surface area contributed by atoms with Crippen molar-refractivity contribution in [1.82, 2.24) is 20.3 Å². The van der Waals surface area contributed by atoms with Crippen molar-refractivity contribution in [3.8, 4) is 34.1 Å². The molecule has 28 heavy (non-hydrogen) atoms. The van der Waals surface area contributed by atoms with Gasteiger partial charge in [-0.2, -0.15) is 0 Å². The molecule has 0 saturated carbocycles. The molecule has 4 heterocycles. The fraction of sp³-hybridized carbons (Fsp3) is 0.400. The molecule has 4 aliphatic heterocycles. The van der Waals surface area contributed by atoms with Gasteiger partial charge in [0.2, 0.25) is 0 Å². The van der Waals surface area contributed by atoms with E-state index in [2.05, 4.69) is 28.3 Å². The van der Waals surface area contributed by atoms with Crippen LogP contribution in [0.5, 0.6) is 11.5 Å². The Morgan fingerprint density at radius 3 is 2.71 bits per heavy atom. The average Bonchev–Trinajstić information content (AvgIpc) is 3.11. The number of fused-ring (bicyclic) bond motifs is 2. The van der Waals surface area contributed by atoms with Gasteiger partial charge in [-0.25, -0.2) is 9.97 Å². The third-order valence-electron chi connectivity index (χ3n) is 5.23. The van der Waals surface area contributed by atoms with Gasteiger partial charge in [-0.3, -0.25) is 0 Å². The molecule has 1 saturated heterocycles. The van der Waals surface area contributed by atoms with Gasteiger partial charge in [0, 0.05) is 17.5 Å². The summed E-state index contributed by atoms with van der Waals surface area (Å²) in [6.45, 7) is 4.46. The second kappa shape index (κ2) is 8.34. The number of piperidine rings is 1. The van der Waals surface area contributed by atoms with Gasteiger partial charge in [-0.15, -0.1) is 12.4 Å². The Hall–Kier alpha value is -2.35. The van der Waals surface area contributed by atoms with Crippen LogP contribution in [0.15, 0.2) is 30.5 Å². The number of nitrogens with zero attached hydrogens (tertiary/aromatic N) is 2. The first kappa shape index (κ1) is 20.4.